The van der Waals surface area contributed by atoms with Crippen LogP contribution in [0.15, 0.2) is 54.6 Å². The average Bonchev–Trinajstić information content (AvgIpc) is 2.48. The van der Waals surface area contributed by atoms with Crippen molar-refractivity contribution in [2.45, 2.75) is 13.0 Å². The first kappa shape index (κ1) is 12.9. The number of fused-ring (bicyclic) bond motifs is 1. The van der Waals surface area contributed by atoms with Gasteiger partial charge in [-0.05, 0) is 36.2 Å². The van der Waals surface area contributed by atoms with Crippen molar-refractivity contribution in [3.05, 3.63) is 65.4 Å². The number of nitrogens with one attached hydrogen (secondary N) is 1. The van der Waals surface area contributed by atoms with Crippen LogP contribution in [-0.4, -0.2) is 9.97 Å². The van der Waals surface area contributed by atoms with Crippen LogP contribution in [0.25, 0.3) is 10.9 Å². The Morgan fingerprint density at radius 2 is 1.65 bits per heavy atom. The number of para-hydroxylation sites is 1. The molecule has 2 aromatic carbocycles. The molecule has 0 unspecified atom stereocenters. The van der Waals surface area contributed by atoms with E-state index >= 15 is 0 Å². The molecular formula is C16H14ClN3. The van der Waals surface area contributed by atoms with E-state index < -0.39 is 0 Å². The fourth-order valence-corrected chi connectivity index (χ4v) is 2.36. The molecule has 4 heteroatoms. The van der Waals surface area contributed by atoms with Crippen LogP contribution in [0.1, 0.15) is 18.5 Å². The molecule has 0 fully saturated rings. The Kier molecular flexibility index (Phi) is 3.52. The van der Waals surface area contributed by atoms with E-state index in [-0.39, 0.29) is 11.3 Å². The molecule has 0 aliphatic carbocycles. The first-order valence-electron chi connectivity index (χ1n) is 6.48. The number of hydrogen-bond acceptors (Lipinski definition) is 3. The first-order valence-corrected chi connectivity index (χ1v) is 6.85. The molecule has 1 atom stereocenters. The summed E-state index contributed by atoms with van der Waals surface area (Å²) >= 11 is 5.99. The maximum Gasteiger partial charge on any atom is 0.224 e. The Balaban J connectivity index is 1.98. The van der Waals surface area contributed by atoms with E-state index in [0.29, 0.717) is 0 Å². The fraction of sp³-hybridized carbons (Fsp3) is 0.125. The summed E-state index contributed by atoms with van der Waals surface area (Å²) in [6.45, 7) is 2.10. The molecule has 1 N–H and O–H groups in total. The highest BCUT2D eigenvalue weighted by Gasteiger charge is 2.10. The molecule has 0 radical (unpaired) electrons. The summed E-state index contributed by atoms with van der Waals surface area (Å²) < 4.78 is 0. The Morgan fingerprint density at radius 1 is 0.950 bits per heavy atom. The second-order valence-corrected chi connectivity index (χ2v) is 4.97. The zero-order valence-corrected chi connectivity index (χ0v) is 11.8. The molecule has 3 aromatic rings. The van der Waals surface area contributed by atoms with Gasteiger partial charge in [0.15, 0.2) is 0 Å². The van der Waals surface area contributed by atoms with Gasteiger partial charge < -0.3 is 5.32 Å². The van der Waals surface area contributed by atoms with Gasteiger partial charge in [-0.15, -0.1) is 0 Å². The molecule has 0 saturated carbocycles. The van der Waals surface area contributed by atoms with Gasteiger partial charge in [0, 0.05) is 11.4 Å². The smallest absolute Gasteiger partial charge is 0.224 e. The molecule has 0 aliphatic rings. The van der Waals surface area contributed by atoms with Crippen molar-refractivity contribution >= 4 is 28.3 Å². The number of aromatic nitrogens is 2. The topological polar surface area (TPSA) is 37.8 Å². The highest BCUT2D eigenvalue weighted by Crippen LogP contribution is 2.25. The first-order chi connectivity index (χ1) is 9.74. The van der Waals surface area contributed by atoms with Gasteiger partial charge in [0.05, 0.1) is 5.52 Å². The Bertz CT molecular complexity index is 728. The molecule has 1 aromatic heterocycles. The standard InChI is InChI=1S/C16H14ClN3/c1-11(12-7-3-2-4-8-12)18-15-13-9-5-6-10-14(13)19-16(17)20-15/h2-11H,1H3,(H,18,19,20)/t11-/m1/s1. The Morgan fingerprint density at radius 3 is 2.45 bits per heavy atom. The highest BCUT2D eigenvalue weighted by atomic mass is 35.5. The molecule has 0 amide bonds. The third-order valence-corrected chi connectivity index (χ3v) is 3.40. The van der Waals surface area contributed by atoms with Crippen molar-refractivity contribution in [3.8, 4) is 0 Å². The quantitative estimate of drug-likeness (QED) is 0.721. The average molecular weight is 284 g/mol. The third-order valence-electron chi connectivity index (χ3n) is 3.23. The summed E-state index contributed by atoms with van der Waals surface area (Å²) in [6, 6.07) is 18.2. The number of hydrogen-bond donors (Lipinski definition) is 1. The van der Waals surface area contributed by atoms with Crippen LogP contribution >= 0.6 is 11.6 Å². The van der Waals surface area contributed by atoms with E-state index in [1.54, 1.807) is 0 Å². The summed E-state index contributed by atoms with van der Waals surface area (Å²) in [5.74, 6) is 0.761. The summed E-state index contributed by atoms with van der Waals surface area (Å²) in [6.07, 6.45) is 0. The van der Waals surface area contributed by atoms with Crippen LogP contribution in [0.3, 0.4) is 0 Å². The molecule has 0 bridgehead atoms. The van der Waals surface area contributed by atoms with Crippen molar-refractivity contribution < 1.29 is 0 Å². The minimum atomic E-state index is 0.144. The lowest BCUT2D eigenvalue weighted by Crippen LogP contribution is -2.08. The van der Waals surface area contributed by atoms with Crippen molar-refractivity contribution in [1.82, 2.24) is 9.97 Å². The summed E-state index contributed by atoms with van der Waals surface area (Å²) in [5, 5.41) is 4.63. The van der Waals surface area contributed by atoms with Gasteiger partial charge in [0.2, 0.25) is 5.28 Å². The van der Waals surface area contributed by atoms with Crippen LogP contribution in [0.4, 0.5) is 5.82 Å². The van der Waals surface area contributed by atoms with E-state index in [0.717, 1.165) is 16.7 Å². The molecule has 20 heavy (non-hydrogen) atoms. The highest BCUT2D eigenvalue weighted by molar-refractivity contribution is 6.28. The molecule has 0 spiro atoms. The zero-order valence-electron chi connectivity index (χ0n) is 11.0. The van der Waals surface area contributed by atoms with Gasteiger partial charge in [-0.1, -0.05) is 42.5 Å². The SMILES string of the molecule is C[C@@H](Nc1nc(Cl)nc2ccccc12)c1ccccc1. The molecule has 3 rings (SSSR count). The minimum absolute atomic E-state index is 0.144. The number of anilines is 1. The van der Waals surface area contributed by atoms with Gasteiger partial charge in [0.1, 0.15) is 5.82 Å². The van der Waals surface area contributed by atoms with Crippen LogP contribution < -0.4 is 5.32 Å². The molecule has 3 nitrogen and oxygen atoms in total. The predicted octanol–water partition coefficient (Wildman–Crippen LogP) is 4.46. The lowest BCUT2D eigenvalue weighted by atomic mass is 10.1. The van der Waals surface area contributed by atoms with E-state index in [1.807, 2.05) is 42.5 Å². The Hall–Kier alpha value is -2.13. The monoisotopic (exact) mass is 283 g/mol. The largest absolute Gasteiger partial charge is 0.363 e. The van der Waals surface area contributed by atoms with Crippen molar-refractivity contribution in [2.24, 2.45) is 0 Å². The van der Waals surface area contributed by atoms with Crippen LogP contribution in [0, 0.1) is 0 Å². The molecule has 100 valence electrons. The predicted molar refractivity (Wildman–Crippen MR) is 83.0 cm³/mol. The van der Waals surface area contributed by atoms with Gasteiger partial charge >= 0.3 is 0 Å². The lowest BCUT2D eigenvalue weighted by Gasteiger charge is -2.16. The van der Waals surface area contributed by atoms with Crippen LogP contribution in [0.5, 0.6) is 0 Å². The maximum absolute atomic E-state index is 5.99. The fourth-order valence-electron chi connectivity index (χ4n) is 2.19. The van der Waals surface area contributed by atoms with E-state index in [9.17, 15) is 0 Å². The number of halogens is 1. The Labute approximate surface area is 122 Å². The van der Waals surface area contributed by atoms with Crippen molar-refractivity contribution in [3.63, 3.8) is 0 Å². The molecule has 1 heterocycles. The van der Waals surface area contributed by atoms with Gasteiger partial charge in [-0.3, -0.25) is 0 Å². The van der Waals surface area contributed by atoms with E-state index in [2.05, 4.69) is 34.3 Å². The second-order valence-electron chi connectivity index (χ2n) is 4.64. The van der Waals surface area contributed by atoms with Gasteiger partial charge in [-0.25, -0.2) is 9.97 Å². The number of nitrogens with zero attached hydrogens (tertiary/aromatic N) is 2. The van der Waals surface area contributed by atoms with E-state index in [4.69, 9.17) is 11.6 Å². The van der Waals surface area contributed by atoms with Crippen LogP contribution in [0.2, 0.25) is 5.28 Å². The van der Waals surface area contributed by atoms with Crippen LogP contribution in [-0.2, 0) is 0 Å². The molecule has 0 saturated heterocycles. The van der Waals surface area contributed by atoms with Crippen molar-refractivity contribution in [1.29, 1.82) is 0 Å². The number of rotatable bonds is 3. The van der Waals surface area contributed by atoms with Crippen molar-refractivity contribution in [2.75, 3.05) is 5.32 Å². The summed E-state index contributed by atoms with van der Waals surface area (Å²) in [5.41, 5.74) is 2.04. The molecule has 0 aliphatic heterocycles. The van der Waals surface area contributed by atoms with Gasteiger partial charge in [0.25, 0.3) is 0 Å². The molecular weight excluding hydrogens is 270 g/mol. The van der Waals surface area contributed by atoms with E-state index in [1.165, 1.54) is 5.56 Å². The minimum Gasteiger partial charge on any atom is -0.363 e. The maximum atomic E-state index is 5.99. The summed E-state index contributed by atoms with van der Waals surface area (Å²) in [7, 11) is 0. The lowest BCUT2D eigenvalue weighted by molar-refractivity contribution is 0.876. The zero-order chi connectivity index (χ0) is 13.9. The number of benzene rings is 2. The summed E-state index contributed by atoms with van der Waals surface area (Å²) in [4.78, 5) is 8.54. The normalized spacial score (nSPS) is 12.3. The third kappa shape index (κ3) is 2.58. The second kappa shape index (κ2) is 5.47. The van der Waals surface area contributed by atoms with Gasteiger partial charge in [-0.2, -0.15) is 0 Å².